The van der Waals surface area contributed by atoms with Crippen LogP contribution in [0, 0.1) is 5.82 Å². The first-order chi connectivity index (χ1) is 19.7. The lowest BCUT2D eigenvalue weighted by molar-refractivity contribution is -0.136. The van der Waals surface area contributed by atoms with Crippen molar-refractivity contribution in [3.05, 3.63) is 89.2 Å². The number of carbonyl (C=O) groups is 3. The quantitative estimate of drug-likeness (QED) is 0.364. The minimum absolute atomic E-state index is 0.000203. The summed E-state index contributed by atoms with van der Waals surface area (Å²) >= 11 is 0. The SMILES string of the molecule is CN1CCN(CC(=O)N(C)c2ccc(NC(=C3C(=O)Nc4cc(F)ccc43)c3cccc(CC(=O)O)c3)cc2)CC1. The highest BCUT2D eigenvalue weighted by molar-refractivity contribution is 6.37. The average molecular weight is 558 g/mol. The third-order valence-electron chi connectivity index (χ3n) is 7.40. The summed E-state index contributed by atoms with van der Waals surface area (Å²) in [5.74, 6) is -1.84. The predicted molar refractivity (Wildman–Crippen MR) is 157 cm³/mol. The number of hydrogen-bond acceptors (Lipinski definition) is 6. The van der Waals surface area contributed by atoms with E-state index in [1.54, 1.807) is 42.3 Å². The van der Waals surface area contributed by atoms with Gasteiger partial charge in [-0.1, -0.05) is 18.2 Å². The number of anilines is 3. The molecule has 0 radical (unpaired) electrons. The number of carboxylic acid groups (broad SMARTS) is 1. The van der Waals surface area contributed by atoms with E-state index in [4.69, 9.17) is 0 Å². The third kappa shape index (κ3) is 6.45. The van der Waals surface area contributed by atoms with E-state index < -0.39 is 17.7 Å². The van der Waals surface area contributed by atoms with Crippen molar-refractivity contribution in [3.63, 3.8) is 0 Å². The first-order valence-corrected chi connectivity index (χ1v) is 13.4. The van der Waals surface area contributed by atoms with Gasteiger partial charge in [-0.2, -0.15) is 0 Å². The number of hydrogen-bond donors (Lipinski definition) is 3. The van der Waals surface area contributed by atoms with E-state index in [0.29, 0.717) is 45.9 Å². The van der Waals surface area contributed by atoms with Crippen LogP contribution in [-0.4, -0.2) is 79.5 Å². The first-order valence-electron chi connectivity index (χ1n) is 13.4. The normalized spacial score (nSPS) is 16.6. The number of likely N-dealkylation sites (N-methyl/N-ethyl adjacent to an activating group) is 2. The molecule has 0 saturated carbocycles. The van der Waals surface area contributed by atoms with Crippen LogP contribution in [0.25, 0.3) is 11.3 Å². The van der Waals surface area contributed by atoms with Gasteiger partial charge in [0.1, 0.15) is 5.82 Å². The number of carboxylic acids is 1. The second-order valence-corrected chi connectivity index (χ2v) is 10.4. The van der Waals surface area contributed by atoms with Crippen molar-refractivity contribution < 1.29 is 23.9 Å². The van der Waals surface area contributed by atoms with Crippen LogP contribution in [0.5, 0.6) is 0 Å². The zero-order valence-corrected chi connectivity index (χ0v) is 23.0. The van der Waals surface area contributed by atoms with Crippen molar-refractivity contribution in [3.8, 4) is 0 Å². The van der Waals surface area contributed by atoms with Crippen molar-refractivity contribution in [1.29, 1.82) is 0 Å². The van der Waals surface area contributed by atoms with Gasteiger partial charge in [-0.15, -0.1) is 0 Å². The van der Waals surface area contributed by atoms with E-state index in [1.165, 1.54) is 12.1 Å². The summed E-state index contributed by atoms with van der Waals surface area (Å²) in [6.07, 6.45) is -0.173. The summed E-state index contributed by atoms with van der Waals surface area (Å²) < 4.78 is 13.9. The molecule has 2 amide bonds. The van der Waals surface area contributed by atoms with Crippen LogP contribution in [0.1, 0.15) is 16.7 Å². The number of nitrogens with zero attached hydrogens (tertiary/aromatic N) is 3. The topological polar surface area (TPSA) is 105 Å². The van der Waals surface area contributed by atoms with E-state index in [0.717, 1.165) is 31.9 Å². The molecule has 0 bridgehead atoms. The highest BCUT2D eigenvalue weighted by atomic mass is 19.1. The summed E-state index contributed by atoms with van der Waals surface area (Å²) in [6, 6.07) is 18.3. The lowest BCUT2D eigenvalue weighted by atomic mass is 9.98. The van der Waals surface area contributed by atoms with Gasteiger partial charge in [0.15, 0.2) is 0 Å². The van der Waals surface area contributed by atoms with E-state index in [-0.39, 0.29) is 12.3 Å². The minimum atomic E-state index is -0.967. The second kappa shape index (κ2) is 11.9. The summed E-state index contributed by atoms with van der Waals surface area (Å²) in [4.78, 5) is 43.4. The zero-order chi connectivity index (χ0) is 29.1. The fraction of sp³-hybridized carbons (Fsp3) is 0.258. The molecule has 2 aliphatic rings. The molecule has 5 rings (SSSR count). The van der Waals surface area contributed by atoms with Gasteiger partial charge in [0.25, 0.3) is 5.91 Å². The third-order valence-corrected chi connectivity index (χ3v) is 7.40. The summed E-state index contributed by atoms with van der Waals surface area (Å²) in [5, 5.41) is 15.3. The van der Waals surface area contributed by atoms with Crippen LogP contribution in [0.2, 0.25) is 0 Å². The maximum absolute atomic E-state index is 13.9. The first kappa shape index (κ1) is 28.0. The minimum Gasteiger partial charge on any atom is -0.481 e. The molecule has 0 atom stereocenters. The standard InChI is InChI=1S/C31H32FN5O4/c1-35-12-14-37(15-13-35)19-27(38)36(2)24-9-7-23(8-10-24)33-30(21-5-3-4-20(16-21)17-28(39)40)29-25-11-6-22(32)18-26(25)34-31(29)41/h3-11,16,18,33H,12-15,17,19H2,1-2H3,(H,34,41)(H,39,40). The van der Waals surface area contributed by atoms with Crippen LogP contribution >= 0.6 is 0 Å². The number of piperazine rings is 1. The Labute approximate surface area is 237 Å². The largest absolute Gasteiger partial charge is 0.481 e. The molecule has 1 saturated heterocycles. The molecule has 2 aliphatic heterocycles. The number of amides is 2. The number of halogens is 1. The lowest BCUT2D eigenvalue weighted by Gasteiger charge is -2.32. The van der Waals surface area contributed by atoms with Crippen molar-refractivity contribution >= 4 is 46.1 Å². The van der Waals surface area contributed by atoms with E-state index >= 15 is 0 Å². The Morgan fingerprint density at radius 3 is 2.46 bits per heavy atom. The van der Waals surface area contributed by atoms with Gasteiger partial charge in [0, 0.05) is 50.2 Å². The Morgan fingerprint density at radius 2 is 1.76 bits per heavy atom. The Morgan fingerprint density at radius 1 is 1.02 bits per heavy atom. The molecule has 0 spiro atoms. The van der Waals surface area contributed by atoms with Crippen LogP contribution in [0.3, 0.4) is 0 Å². The molecule has 0 aromatic heterocycles. The molecule has 1 fully saturated rings. The molecule has 3 aromatic rings. The van der Waals surface area contributed by atoms with Crippen LogP contribution < -0.4 is 15.5 Å². The monoisotopic (exact) mass is 557 g/mol. The van der Waals surface area contributed by atoms with Crippen molar-refractivity contribution in [2.45, 2.75) is 6.42 Å². The van der Waals surface area contributed by atoms with Crippen molar-refractivity contribution in [2.75, 3.05) is 62.4 Å². The molecular weight excluding hydrogens is 525 g/mol. The van der Waals surface area contributed by atoms with E-state index in [2.05, 4.69) is 27.5 Å². The van der Waals surface area contributed by atoms with Gasteiger partial charge in [0.05, 0.1) is 29.9 Å². The molecule has 3 aromatic carbocycles. The van der Waals surface area contributed by atoms with E-state index in [1.807, 2.05) is 24.3 Å². The summed E-state index contributed by atoms with van der Waals surface area (Å²) in [7, 11) is 3.83. The van der Waals surface area contributed by atoms with Gasteiger partial charge >= 0.3 is 5.97 Å². The Hall–Kier alpha value is -4.54. The molecule has 3 N–H and O–H groups in total. The zero-order valence-electron chi connectivity index (χ0n) is 23.0. The van der Waals surface area contributed by atoms with Gasteiger partial charge < -0.3 is 25.5 Å². The maximum Gasteiger partial charge on any atom is 0.307 e. The lowest BCUT2D eigenvalue weighted by Crippen LogP contribution is -2.48. The second-order valence-electron chi connectivity index (χ2n) is 10.4. The van der Waals surface area contributed by atoms with Gasteiger partial charge in [0.2, 0.25) is 5.91 Å². The molecule has 10 heteroatoms. The Kier molecular flexibility index (Phi) is 8.14. The average Bonchev–Trinajstić information content (AvgIpc) is 3.27. The fourth-order valence-electron chi connectivity index (χ4n) is 5.04. The van der Waals surface area contributed by atoms with Gasteiger partial charge in [-0.05, 0) is 66.7 Å². The molecule has 0 unspecified atom stereocenters. The Balaban J connectivity index is 1.43. The molecule has 9 nitrogen and oxygen atoms in total. The smallest absolute Gasteiger partial charge is 0.307 e. The molecule has 2 heterocycles. The number of carbonyl (C=O) groups excluding carboxylic acids is 2. The van der Waals surface area contributed by atoms with Crippen molar-refractivity contribution in [2.24, 2.45) is 0 Å². The molecule has 41 heavy (non-hydrogen) atoms. The molecular formula is C31H32FN5O4. The summed E-state index contributed by atoms with van der Waals surface area (Å²) in [6.45, 7) is 3.93. The van der Waals surface area contributed by atoms with Crippen LogP contribution in [-0.2, 0) is 20.8 Å². The predicted octanol–water partition coefficient (Wildman–Crippen LogP) is 3.60. The number of benzene rings is 3. The van der Waals surface area contributed by atoms with E-state index in [9.17, 15) is 23.9 Å². The number of aliphatic carboxylic acids is 1. The molecule has 212 valence electrons. The fourth-order valence-corrected chi connectivity index (χ4v) is 5.04. The van der Waals surface area contributed by atoms with Crippen LogP contribution in [0.15, 0.2) is 66.7 Å². The highest BCUT2D eigenvalue weighted by Gasteiger charge is 2.29. The Bertz CT molecular complexity index is 1510. The van der Waals surface area contributed by atoms with Crippen LogP contribution in [0.4, 0.5) is 21.5 Å². The maximum atomic E-state index is 13.9. The number of nitrogens with one attached hydrogen (secondary N) is 2. The van der Waals surface area contributed by atoms with Gasteiger partial charge in [-0.3, -0.25) is 19.3 Å². The highest BCUT2D eigenvalue weighted by Crippen LogP contribution is 2.38. The summed E-state index contributed by atoms with van der Waals surface area (Å²) in [5.41, 5.74) is 4.23. The van der Waals surface area contributed by atoms with Crippen molar-refractivity contribution in [1.82, 2.24) is 9.80 Å². The number of fused-ring (bicyclic) bond motifs is 1. The van der Waals surface area contributed by atoms with Gasteiger partial charge in [-0.25, -0.2) is 4.39 Å². The molecule has 0 aliphatic carbocycles. The number of rotatable bonds is 8.